The molecule has 192 valence electrons. The summed E-state index contributed by atoms with van der Waals surface area (Å²) in [6.07, 6.45) is 3.30. The summed E-state index contributed by atoms with van der Waals surface area (Å²) < 4.78 is 27.1. The molecule has 9 nitrogen and oxygen atoms in total. The quantitative estimate of drug-likeness (QED) is 0.264. The van der Waals surface area contributed by atoms with Crippen molar-refractivity contribution in [2.45, 2.75) is 53.1 Å². The zero-order chi connectivity index (χ0) is 25.4. The topological polar surface area (TPSA) is 101 Å². The highest BCUT2D eigenvalue weighted by Gasteiger charge is 2.33. The van der Waals surface area contributed by atoms with Crippen LogP contribution in [-0.4, -0.2) is 69.4 Å². The van der Waals surface area contributed by atoms with Crippen LogP contribution < -0.4 is 9.47 Å². The lowest BCUT2D eigenvalue weighted by Crippen LogP contribution is -2.38. The van der Waals surface area contributed by atoms with Gasteiger partial charge < -0.3 is 23.7 Å². The maximum atomic E-state index is 12.4. The number of methoxy groups -OCH3 is 1. The van der Waals surface area contributed by atoms with Crippen LogP contribution in [-0.2, 0) is 36.8 Å². The Hall–Kier alpha value is -2.91. The van der Waals surface area contributed by atoms with Crippen LogP contribution in [0.4, 0.5) is 0 Å². The highest BCUT2D eigenvalue weighted by atomic mass is 16.6. The third kappa shape index (κ3) is 6.82. The molecule has 0 unspecified atom stereocenters. The van der Waals surface area contributed by atoms with Crippen molar-refractivity contribution in [1.82, 2.24) is 4.90 Å². The molecule has 35 heavy (non-hydrogen) atoms. The Labute approximate surface area is 206 Å². The van der Waals surface area contributed by atoms with Crippen LogP contribution in [0.15, 0.2) is 11.6 Å². The summed E-state index contributed by atoms with van der Waals surface area (Å²) in [5.41, 5.74) is 3.34. The average Bonchev–Trinajstić information content (AvgIpc) is 3.25. The van der Waals surface area contributed by atoms with E-state index < -0.39 is 11.9 Å². The van der Waals surface area contributed by atoms with E-state index in [1.54, 1.807) is 14.0 Å². The molecule has 3 rings (SSSR count). The number of fused-ring (bicyclic) bond motifs is 1. The Morgan fingerprint density at radius 3 is 2.54 bits per heavy atom. The molecule has 1 aromatic rings. The molecule has 0 aliphatic carbocycles. The molecule has 2 aliphatic heterocycles. The highest BCUT2D eigenvalue weighted by molar-refractivity contribution is 5.99. The van der Waals surface area contributed by atoms with Crippen molar-refractivity contribution in [3.8, 4) is 11.5 Å². The Morgan fingerprint density at radius 1 is 1.11 bits per heavy atom. The van der Waals surface area contributed by atoms with Gasteiger partial charge in [0, 0.05) is 43.6 Å². The summed E-state index contributed by atoms with van der Waals surface area (Å²) in [6.45, 7) is 9.83. The lowest BCUT2D eigenvalue weighted by Gasteiger charge is -2.26. The normalized spacial score (nSPS) is 16.0. The number of carbonyl (C=O) groups is 3. The molecule has 1 fully saturated rings. The molecule has 9 heteroatoms. The number of esters is 3. The maximum absolute atomic E-state index is 12.4. The summed E-state index contributed by atoms with van der Waals surface area (Å²) in [5.74, 6) is -0.431. The molecular formula is C26H35NO8. The largest absolute Gasteiger partial charge is 0.496 e. The molecule has 0 bridgehead atoms. The van der Waals surface area contributed by atoms with Gasteiger partial charge in [-0.3, -0.25) is 14.5 Å². The second kappa shape index (κ2) is 12.7. The third-order valence-corrected chi connectivity index (χ3v) is 6.28. The van der Waals surface area contributed by atoms with Crippen molar-refractivity contribution in [3.05, 3.63) is 33.9 Å². The Balaban J connectivity index is 1.66. The van der Waals surface area contributed by atoms with E-state index in [0.29, 0.717) is 56.1 Å². The van der Waals surface area contributed by atoms with Crippen molar-refractivity contribution in [2.24, 2.45) is 0 Å². The van der Waals surface area contributed by atoms with Crippen molar-refractivity contribution >= 4 is 17.9 Å². The van der Waals surface area contributed by atoms with Crippen LogP contribution in [0.25, 0.3) is 0 Å². The van der Waals surface area contributed by atoms with Gasteiger partial charge in [-0.05, 0) is 32.3 Å². The Kier molecular flexibility index (Phi) is 9.68. The summed E-state index contributed by atoms with van der Waals surface area (Å²) in [4.78, 5) is 38.9. The zero-order valence-electron chi connectivity index (χ0n) is 21.1. The van der Waals surface area contributed by atoms with Crippen molar-refractivity contribution in [2.75, 3.05) is 46.6 Å². The molecule has 0 amide bonds. The zero-order valence-corrected chi connectivity index (χ0v) is 21.1. The number of carbonyl (C=O) groups excluding carboxylic acids is 3. The van der Waals surface area contributed by atoms with Crippen molar-refractivity contribution in [3.63, 3.8) is 0 Å². The van der Waals surface area contributed by atoms with Gasteiger partial charge in [0.05, 0.1) is 20.3 Å². The first-order valence-electron chi connectivity index (χ1n) is 12.1. The molecule has 0 aromatic heterocycles. The van der Waals surface area contributed by atoms with Crippen LogP contribution in [0.3, 0.4) is 0 Å². The van der Waals surface area contributed by atoms with Crippen LogP contribution in [0.1, 0.15) is 60.2 Å². The molecule has 0 atom stereocenters. The fourth-order valence-corrected chi connectivity index (χ4v) is 4.17. The number of rotatable bonds is 11. The molecule has 1 saturated heterocycles. The predicted molar refractivity (Wildman–Crippen MR) is 128 cm³/mol. The molecule has 2 aliphatic rings. The Bertz CT molecular complexity index is 978. The summed E-state index contributed by atoms with van der Waals surface area (Å²) in [6, 6.07) is 0. The second-order valence-electron chi connectivity index (χ2n) is 8.65. The van der Waals surface area contributed by atoms with Gasteiger partial charge in [0.1, 0.15) is 24.5 Å². The van der Waals surface area contributed by atoms with E-state index in [1.165, 1.54) is 0 Å². The van der Waals surface area contributed by atoms with Gasteiger partial charge >= 0.3 is 17.9 Å². The lowest BCUT2D eigenvalue weighted by molar-refractivity contribution is -0.144. The number of cyclic esters (lactones) is 1. The van der Waals surface area contributed by atoms with E-state index >= 15 is 0 Å². The molecular weight excluding hydrogens is 454 g/mol. The number of nitrogens with zero attached hydrogens (tertiary/aromatic N) is 1. The van der Waals surface area contributed by atoms with Crippen LogP contribution in [0.5, 0.6) is 11.5 Å². The number of ether oxygens (including phenoxy) is 5. The van der Waals surface area contributed by atoms with E-state index in [2.05, 4.69) is 4.90 Å². The van der Waals surface area contributed by atoms with E-state index in [9.17, 15) is 14.4 Å². The first kappa shape index (κ1) is 26.7. The highest BCUT2D eigenvalue weighted by Crippen LogP contribution is 2.43. The molecule has 2 heterocycles. The van der Waals surface area contributed by atoms with Gasteiger partial charge in [-0.2, -0.15) is 0 Å². The molecule has 1 aromatic carbocycles. The van der Waals surface area contributed by atoms with Crippen LogP contribution in [0.2, 0.25) is 0 Å². The van der Waals surface area contributed by atoms with Crippen molar-refractivity contribution in [1.29, 1.82) is 0 Å². The minimum atomic E-state index is -0.508. The van der Waals surface area contributed by atoms with Gasteiger partial charge in [-0.1, -0.05) is 18.6 Å². The van der Waals surface area contributed by atoms with E-state index in [0.717, 1.165) is 24.2 Å². The van der Waals surface area contributed by atoms with Crippen LogP contribution >= 0.6 is 0 Å². The number of hydrogen-bond donors (Lipinski definition) is 0. The summed E-state index contributed by atoms with van der Waals surface area (Å²) in [7, 11) is 1.55. The van der Waals surface area contributed by atoms with E-state index in [-0.39, 0.29) is 36.7 Å². The fourth-order valence-electron chi connectivity index (χ4n) is 4.17. The van der Waals surface area contributed by atoms with E-state index in [4.69, 9.17) is 23.7 Å². The SMILES string of the molecule is CCC(=O)Oc1c(CC=C(C)CCC(=O)OCCN2CCOCC2)c(OC)c(C)c2c1C(=O)OC2. The third-order valence-electron chi connectivity index (χ3n) is 6.28. The molecule has 0 saturated carbocycles. The molecule has 0 radical (unpaired) electrons. The first-order valence-corrected chi connectivity index (χ1v) is 12.1. The lowest BCUT2D eigenvalue weighted by atomic mass is 9.94. The average molecular weight is 490 g/mol. The maximum Gasteiger partial charge on any atom is 0.342 e. The van der Waals surface area contributed by atoms with Gasteiger partial charge in [0.2, 0.25) is 0 Å². The van der Waals surface area contributed by atoms with Crippen molar-refractivity contribution < 1.29 is 38.1 Å². The monoisotopic (exact) mass is 489 g/mol. The van der Waals surface area contributed by atoms with Gasteiger partial charge in [0.25, 0.3) is 0 Å². The molecule has 0 N–H and O–H groups in total. The number of hydrogen-bond acceptors (Lipinski definition) is 9. The predicted octanol–water partition coefficient (Wildman–Crippen LogP) is 3.13. The number of allylic oxidation sites excluding steroid dienone is 2. The van der Waals surface area contributed by atoms with Gasteiger partial charge in [-0.15, -0.1) is 0 Å². The molecule has 0 spiro atoms. The van der Waals surface area contributed by atoms with Crippen LogP contribution in [0, 0.1) is 6.92 Å². The number of benzene rings is 1. The number of morpholine rings is 1. The van der Waals surface area contributed by atoms with Gasteiger partial charge in [0.15, 0.2) is 5.75 Å². The first-order chi connectivity index (χ1) is 16.8. The fraction of sp³-hybridized carbons (Fsp3) is 0.577. The Morgan fingerprint density at radius 2 is 1.86 bits per heavy atom. The minimum absolute atomic E-state index is 0.121. The summed E-state index contributed by atoms with van der Waals surface area (Å²) in [5, 5.41) is 0. The van der Waals surface area contributed by atoms with E-state index in [1.807, 2.05) is 19.9 Å². The smallest absolute Gasteiger partial charge is 0.342 e. The summed E-state index contributed by atoms with van der Waals surface area (Å²) >= 11 is 0. The second-order valence-corrected chi connectivity index (χ2v) is 8.65. The van der Waals surface area contributed by atoms with Gasteiger partial charge in [-0.25, -0.2) is 4.79 Å². The minimum Gasteiger partial charge on any atom is -0.496 e. The standard InChI is InChI=1S/C26H35NO8/c1-5-21(28)35-25-19(24(31-4)18(3)20-16-34-26(30)23(20)25)8-6-17(2)7-9-22(29)33-15-12-27-10-13-32-14-11-27/h6H,5,7-16H2,1-4H3.